The lowest BCUT2D eigenvalue weighted by Gasteiger charge is -2.06. The Morgan fingerprint density at radius 1 is 1.24 bits per heavy atom. The fourth-order valence-electron chi connectivity index (χ4n) is 1.96. The number of hydrogen-bond donors (Lipinski definition) is 2. The summed E-state index contributed by atoms with van der Waals surface area (Å²) in [5.74, 6) is -0.961. The third kappa shape index (κ3) is 3.92. The van der Waals surface area contributed by atoms with Crippen molar-refractivity contribution in [3.05, 3.63) is 41.3 Å². The Balaban J connectivity index is 2.30. The van der Waals surface area contributed by atoms with Crippen LogP contribution in [0.2, 0.25) is 0 Å². The van der Waals surface area contributed by atoms with E-state index in [0.29, 0.717) is 12.1 Å². The van der Waals surface area contributed by atoms with Crippen LogP contribution < -0.4 is 5.32 Å². The minimum absolute atomic E-state index is 0.158. The molecule has 0 aliphatic carbocycles. The van der Waals surface area contributed by atoms with Crippen molar-refractivity contribution in [2.45, 2.75) is 20.3 Å². The van der Waals surface area contributed by atoms with Crippen molar-refractivity contribution in [3.63, 3.8) is 0 Å². The van der Waals surface area contributed by atoms with E-state index < -0.39 is 5.97 Å². The van der Waals surface area contributed by atoms with Crippen molar-refractivity contribution in [2.24, 2.45) is 5.92 Å². The van der Waals surface area contributed by atoms with E-state index in [2.05, 4.69) is 5.32 Å². The molecule has 0 bridgehead atoms. The zero-order valence-corrected chi connectivity index (χ0v) is 12.7. The van der Waals surface area contributed by atoms with Crippen LogP contribution in [0.15, 0.2) is 36.4 Å². The Kier molecular flexibility index (Phi) is 4.75. The summed E-state index contributed by atoms with van der Waals surface area (Å²) in [4.78, 5) is 24.2. The monoisotopic (exact) mass is 303 g/mol. The van der Waals surface area contributed by atoms with Gasteiger partial charge in [0.2, 0.25) is 5.91 Å². The number of carbonyl (C=O) groups is 2. The van der Waals surface area contributed by atoms with Crippen LogP contribution >= 0.6 is 11.3 Å². The number of hydrogen-bond acceptors (Lipinski definition) is 3. The van der Waals surface area contributed by atoms with Gasteiger partial charge in [-0.3, -0.25) is 4.79 Å². The minimum atomic E-state index is -1.03. The van der Waals surface area contributed by atoms with E-state index in [-0.39, 0.29) is 16.7 Å². The zero-order valence-electron chi connectivity index (χ0n) is 11.9. The summed E-state index contributed by atoms with van der Waals surface area (Å²) in [5.41, 5.74) is 1.31. The molecule has 0 unspecified atom stereocenters. The number of carbonyl (C=O) groups excluding carboxylic acids is 1. The molecule has 110 valence electrons. The normalized spacial score (nSPS) is 10.6. The van der Waals surface area contributed by atoms with E-state index in [9.17, 15) is 14.7 Å². The van der Waals surface area contributed by atoms with E-state index in [4.69, 9.17) is 0 Å². The Hall–Kier alpha value is -2.14. The van der Waals surface area contributed by atoms with Gasteiger partial charge in [0, 0.05) is 11.3 Å². The molecule has 0 saturated carbocycles. The van der Waals surface area contributed by atoms with Crippen LogP contribution in [0.4, 0.5) is 5.69 Å². The van der Waals surface area contributed by atoms with Crippen molar-refractivity contribution in [1.82, 2.24) is 0 Å². The lowest BCUT2D eigenvalue weighted by atomic mass is 10.1. The number of aromatic carboxylic acids is 1. The van der Waals surface area contributed by atoms with Crippen molar-refractivity contribution in [3.8, 4) is 10.4 Å². The zero-order chi connectivity index (χ0) is 15.4. The van der Waals surface area contributed by atoms with Gasteiger partial charge in [0.25, 0.3) is 0 Å². The highest BCUT2D eigenvalue weighted by molar-refractivity contribution is 7.18. The predicted octanol–water partition coefficient (Wildman–Crippen LogP) is 4.10. The average molecular weight is 303 g/mol. The smallest absolute Gasteiger partial charge is 0.348 e. The molecular formula is C16H17NO3S. The molecule has 2 N–H and O–H groups in total. The van der Waals surface area contributed by atoms with Crippen molar-refractivity contribution in [2.75, 3.05) is 5.32 Å². The molecule has 0 spiro atoms. The number of carboxylic acid groups (broad SMARTS) is 1. The molecule has 0 atom stereocenters. The van der Waals surface area contributed by atoms with Crippen LogP contribution in [0.25, 0.3) is 10.4 Å². The summed E-state index contributed by atoms with van der Waals surface area (Å²) in [6.45, 7) is 3.89. The standard InChI is InChI=1S/C16H17NO3S/c1-10(2)8-14(18)17-12-9-13(21-15(12)16(19)20)11-6-4-3-5-7-11/h3-7,9-10H,8H2,1-2H3,(H,17,18)(H,19,20). The second-order valence-corrected chi connectivity index (χ2v) is 6.22. The van der Waals surface area contributed by atoms with E-state index in [0.717, 1.165) is 10.4 Å². The summed E-state index contributed by atoms with van der Waals surface area (Å²) < 4.78 is 0. The molecule has 0 fully saturated rings. The van der Waals surface area contributed by atoms with Gasteiger partial charge < -0.3 is 10.4 Å². The molecule has 1 amide bonds. The maximum Gasteiger partial charge on any atom is 0.348 e. The van der Waals surface area contributed by atoms with Gasteiger partial charge in [-0.2, -0.15) is 0 Å². The highest BCUT2D eigenvalue weighted by atomic mass is 32.1. The number of thiophene rings is 1. The number of rotatable bonds is 5. The molecule has 1 aromatic heterocycles. The molecule has 0 saturated heterocycles. The van der Waals surface area contributed by atoms with Crippen molar-refractivity contribution in [1.29, 1.82) is 0 Å². The quantitative estimate of drug-likeness (QED) is 0.874. The number of carboxylic acids is 1. The molecule has 1 heterocycles. The molecule has 0 aliphatic heterocycles. The number of amides is 1. The minimum Gasteiger partial charge on any atom is -0.477 e. The second-order valence-electron chi connectivity index (χ2n) is 5.17. The van der Waals surface area contributed by atoms with Crippen LogP contribution in [0.5, 0.6) is 0 Å². The summed E-state index contributed by atoms with van der Waals surface area (Å²) >= 11 is 1.17. The van der Waals surface area contributed by atoms with E-state index in [1.165, 1.54) is 11.3 Å². The molecule has 0 aliphatic rings. The molecular weight excluding hydrogens is 286 g/mol. The fraction of sp³-hybridized carbons (Fsp3) is 0.250. The van der Waals surface area contributed by atoms with Gasteiger partial charge in [-0.05, 0) is 17.5 Å². The van der Waals surface area contributed by atoms with Crippen LogP contribution in [-0.4, -0.2) is 17.0 Å². The predicted molar refractivity (Wildman–Crippen MR) is 84.8 cm³/mol. The Bertz CT molecular complexity index is 647. The largest absolute Gasteiger partial charge is 0.477 e. The van der Waals surface area contributed by atoms with Gasteiger partial charge in [-0.25, -0.2) is 4.79 Å². The van der Waals surface area contributed by atoms with Crippen LogP contribution in [0.3, 0.4) is 0 Å². The molecule has 0 radical (unpaired) electrons. The van der Waals surface area contributed by atoms with E-state index in [1.807, 2.05) is 44.2 Å². The lowest BCUT2D eigenvalue weighted by Crippen LogP contribution is -2.15. The number of nitrogens with one attached hydrogen (secondary N) is 1. The van der Waals surface area contributed by atoms with Crippen LogP contribution in [0, 0.1) is 5.92 Å². The number of benzene rings is 1. The molecule has 1 aromatic carbocycles. The van der Waals surface area contributed by atoms with Gasteiger partial charge in [-0.1, -0.05) is 44.2 Å². The molecule has 4 nitrogen and oxygen atoms in total. The second kappa shape index (κ2) is 6.54. The molecule has 2 rings (SSSR count). The third-order valence-electron chi connectivity index (χ3n) is 2.85. The first-order valence-electron chi connectivity index (χ1n) is 6.69. The van der Waals surface area contributed by atoms with Crippen LogP contribution in [0.1, 0.15) is 29.9 Å². The first kappa shape index (κ1) is 15.3. The summed E-state index contributed by atoms with van der Waals surface area (Å²) in [7, 11) is 0. The van der Waals surface area contributed by atoms with Crippen molar-refractivity contribution < 1.29 is 14.7 Å². The van der Waals surface area contributed by atoms with Gasteiger partial charge in [-0.15, -0.1) is 11.3 Å². The number of anilines is 1. The fourth-order valence-corrected chi connectivity index (χ4v) is 2.92. The maximum absolute atomic E-state index is 11.8. The maximum atomic E-state index is 11.8. The summed E-state index contributed by atoms with van der Waals surface area (Å²) in [5, 5.41) is 12.0. The third-order valence-corrected chi connectivity index (χ3v) is 4.02. The Morgan fingerprint density at radius 3 is 2.48 bits per heavy atom. The first-order chi connectivity index (χ1) is 9.97. The lowest BCUT2D eigenvalue weighted by molar-refractivity contribution is -0.116. The first-order valence-corrected chi connectivity index (χ1v) is 7.51. The Labute approximate surface area is 127 Å². The summed E-state index contributed by atoms with van der Waals surface area (Å²) in [6.07, 6.45) is 0.371. The molecule has 21 heavy (non-hydrogen) atoms. The Morgan fingerprint density at radius 2 is 1.90 bits per heavy atom. The van der Waals surface area contributed by atoms with Gasteiger partial charge >= 0.3 is 5.97 Å². The molecule has 5 heteroatoms. The van der Waals surface area contributed by atoms with E-state index >= 15 is 0 Å². The highest BCUT2D eigenvalue weighted by Crippen LogP contribution is 2.34. The topological polar surface area (TPSA) is 66.4 Å². The van der Waals surface area contributed by atoms with Gasteiger partial charge in [0.15, 0.2) is 0 Å². The highest BCUT2D eigenvalue weighted by Gasteiger charge is 2.18. The SMILES string of the molecule is CC(C)CC(=O)Nc1cc(-c2ccccc2)sc1C(=O)O. The summed E-state index contributed by atoms with van der Waals surface area (Å²) in [6, 6.07) is 11.2. The van der Waals surface area contributed by atoms with Gasteiger partial charge in [0.1, 0.15) is 4.88 Å². The average Bonchev–Trinajstić information content (AvgIpc) is 2.82. The molecule has 2 aromatic rings. The van der Waals surface area contributed by atoms with Gasteiger partial charge in [0.05, 0.1) is 5.69 Å². The van der Waals surface area contributed by atoms with Crippen LogP contribution in [-0.2, 0) is 4.79 Å². The van der Waals surface area contributed by atoms with Crippen molar-refractivity contribution >= 4 is 28.9 Å². The van der Waals surface area contributed by atoms with E-state index in [1.54, 1.807) is 6.07 Å².